The second kappa shape index (κ2) is 4.60. The molecule has 13 heavy (non-hydrogen) atoms. The fourth-order valence-electron chi connectivity index (χ4n) is 1.11. The van der Waals surface area contributed by atoms with E-state index in [4.69, 9.17) is 11.6 Å². The smallest absolute Gasteiger partial charge is 0.0860 e. The predicted molar refractivity (Wildman–Crippen MR) is 51.9 cm³/mol. The van der Waals surface area contributed by atoms with Gasteiger partial charge < -0.3 is 10.4 Å². The maximum absolute atomic E-state index is 9.47. The summed E-state index contributed by atoms with van der Waals surface area (Å²) in [5, 5.41) is 17.0. The summed E-state index contributed by atoms with van der Waals surface area (Å²) < 4.78 is 1.70. The molecule has 1 rings (SSSR count). The first kappa shape index (κ1) is 10.5. The first-order chi connectivity index (χ1) is 6.15. The van der Waals surface area contributed by atoms with Crippen LogP contribution in [0.15, 0.2) is 6.20 Å². The van der Waals surface area contributed by atoms with E-state index in [1.54, 1.807) is 17.9 Å². The van der Waals surface area contributed by atoms with Gasteiger partial charge in [-0.15, -0.1) is 0 Å². The van der Waals surface area contributed by atoms with Gasteiger partial charge in [-0.05, 0) is 14.0 Å². The van der Waals surface area contributed by atoms with Crippen molar-refractivity contribution in [2.24, 2.45) is 0 Å². The molecule has 0 bridgehead atoms. The Morgan fingerprint density at radius 2 is 2.46 bits per heavy atom. The van der Waals surface area contributed by atoms with Gasteiger partial charge in [-0.3, -0.25) is 4.68 Å². The van der Waals surface area contributed by atoms with Crippen LogP contribution in [0.5, 0.6) is 0 Å². The van der Waals surface area contributed by atoms with Gasteiger partial charge in [0.25, 0.3) is 0 Å². The summed E-state index contributed by atoms with van der Waals surface area (Å²) in [5.74, 6) is 0. The maximum atomic E-state index is 9.47. The van der Waals surface area contributed by atoms with Gasteiger partial charge in [-0.2, -0.15) is 5.10 Å². The highest BCUT2D eigenvalue weighted by Crippen LogP contribution is 2.13. The standard InChI is InChI=1S/C8H14ClN3O/c1-6-8(9)4-11-12(6)5-7(13)3-10-2/h4,7,10,13H,3,5H2,1-2H3. The van der Waals surface area contributed by atoms with E-state index < -0.39 is 6.10 Å². The average Bonchev–Trinajstić information content (AvgIpc) is 2.37. The van der Waals surface area contributed by atoms with E-state index in [0.717, 1.165) is 5.69 Å². The molecule has 0 saturated heterocycles. The van der Waals surface area contributed by atoms with E-state index in [0.29, 0.717) is 18.1 Å². The van der Waals surface area contributed by atoms with Crippen LogP contribution < -0.4 is 5.32 Å². The Labute approximate surface area is 82.5 Å². The van der Waals surface area contributed by atoms with Crippen LogP contribution in [0, 0.1) is 6.92 Å². The zero-order chi connectivity index (χ0) is 9.84. The van der Waals surface area contributed by atoms with E-state index in [-0.39, 0.29) is 0 Å². The number of nitrogens with one attached hydrogen (secondary N) is 1. The lowest BCUT2D eigenvalue weighted by atomic mass is 10.3. The highest BCUT2D eigenvalue weighted by Gasteiger charge is 2.08. The number of likely N-dealkylation sites (N-methyl/N-ethyl adjacent to an activating group) is 1. The van der Waals surface area contributed by atoms with Crippen molar-refractivity contribution in [1.82, 2.24) is 15.1 Å². The molecular weight excluding hydrogens is 190 g/mol. The van der Waals surface area contributed by atoms with Gasteiger partial charge in [0.05, 0.1) is 29.6 Å². The molecule has 2 N–H and O–H groups in total. The van der Waals surface area contributed by atoms with Crippen LogP contribution in [0.3, 0.4) is 0 Å². The summed E-state index contributed by atoms with van der Waals surface area (Å²) in [7, 11) is 1.80. The van der Waals surface area contributed by atoms with Crippen LogP contribution in [0.2, 0.25) is 5.02 Å². The molecule has 74 valence electrons. The maximum Gasteiger partial charge on any atom is 0.0860 e. The van der Waals surface area contributed by atoms with Crippen molar-refractivity contribution in [3.8, 4) is 0 Å². The molecule has 0 aliphatic heterocycles. The first-order valence-electron chi connectivity index (χ1n) is 4.15. The van der Waals surface area contributed by atoms with Gasteiger partial charge in [-0.1, -0.05) is 11.6 Å². The molecule has 0 spiro atoms. The minimum Gasteiger partial charge on any atom is -0.390 e. The third-order valence-corrected chi connectivity index (χ3v) is 2.24. The number of nitrogens with zero attached hydrogens (tertiary/aromatic N) is 2. The molecule has 4 nitrogen and oxygen atoms in total. The number of aliphatic hydroxyl groups is 1. The number of hydrogen-bond donors (Lipinski definition) is 2. The zero-order valence-electron chi connectivity index (χ0n) is 7.79. The Bertz CT molecular complexity index is 274. The lowest BCUT2D eigenvalue weighted by molar-refractivity contribution is 0.148. The van der Waals surface area contributed by atoms with Crippen LogP contribution in [0.1, 0.15) is 5.69 Å². The Hall–Kier alpha value is -0.580. The van der Waals surface area contributed by atoms with Crippen molar-refractivity contribution in [1.29, 1.82) is 0 Å². The Balaban J connectivity index is 2.58. The molecule has 1 heterocycles. The largest absolute Gasteiger partial charge is 0.390 e. The van der Waals surface area contributed by atoms with E-state index in [9.17, 15) is 5.11 Å². The number of hydrogen-bond acceptors (Lipinski definition) is 3. The van der Waals surface area contributed by atoms with Crippen molar-refractivity contribution < 1.29 is 5.11 Å². The first-order valence-corrected chi connectivity index (χ1v) is 4.53. The van der Waals surface area contributed by atoms with Crippen LogP contribution in [0.4, 0.5) is 0 Å². The van der Waals surface area contributed by atoms with Crippen molar-refractivity contribution in [2.75, 3.05) is 13.6 Å². The third kappa shape index (κ3) is 2.69. The van der Waals surface area contributed by atoms with Gasteiger partial charge in [0.1, 0.15) is 0 Å². The topological polar surface area (TPSA) is 50.1 Å². The van der Waals surface area contributed by atoms with Crippen LogP contribution >= 0.6 is 11.6 Å². The van der Waals surface area contributed by atoms with Crippen molar-refractivity contribution in [2.45, 2.75) is 19.6 Å². The van der Waals surface area contributed by atoms with Crippen molar-refractivity contribution >= 4 is 11.6 Å². The summed E-state index contributed by atoms with van der Waals surface area (Å²) in [6, 6.07) is 0. The number of aromatic nitrogens is 2. The summed E-state index contributed by atoms with van der Waals surface area (Å²) in [6.07, 6.45) is 1.16. The minimum atomic E-state index is -0.431. The van der Waals surface area contributed by atoms with Crippen LogP contribution in [0.25, 0.3) is 0 Å². The van der Waals surface area contributed by atoms with Crippen molar-refractivity contribution in [3.63, 3.8) is 0 Å². The lowest BCUT2D eigenvalue weighted by Gasteiger charge is -2.10. The van der Waals surface area contributed by atoms with E-state index in [1.807, 2.05) is 6.92 Å². The zero-order valence-corrected chi connectivity index (χ0v) is 8.54. The SMILES string of the molecule is CNCC(O)Cn1ncc(Cl)c1C. The van der Waals surface area contributed by atoms with E-state index >= 15 is 0 Å². The summed E-state index contributed by atoms with van der Waals surface area (Å²) in [5.41, 5.74) is 0.886. The molecule has 0 aromatic carbocycles. The van der Waals surface area contributed by atoms with E-state index in [1.165, 1.54) is 0 Å². The van der Waals surface area contributed by atoms with Gasteiger partial charge in [0.2, 0.25) is 0 Å². The highest BCUT2D eigenvalue weighted by molar-refractivity contribution is 6.31. The fraction of sp³-hybridized carbons (Fsp3) is 0.625. The molecule has 0 aliphatic carbocycles. The Morgan fingerprint density at radius 1 is 1.77 bits per heavy atom. The van der Waals surface area contributed by atoms with Gasteiger partial charge >= 0.3 is 0 Å². The molecule has 1 aromatic rings. The van der Waals surface area contributed by atoms with Crippen LogP contribution in [-0.4, -0.2) is 34.6 Å². The third-order valence-electron chi connectivity index (χ3n) is 1.87. The molecule has 0 fully saturated rings. The van der Waals surface area contributed by atoms with Gasteiger partial charge in [0, 0.05) is 6.54 Å². The van der Waals surface area contributed by atoms with Gasteiger partial charge in [0.15, 0.2) is 0 Å². The average molecular weight is 204 g/mol. The Kier molecular flexibility index (Phi) is 3.71. The summed E-state index contributed by atoms with van der Waals surface area (Å²) in [4.78, 5) is 0. The number of rotatable bonds is 4. The molecule has 1 aromatic heterocycles. The molecule has 0 aliphatic rings. The monoisotopic (exact) mass is 203 g/mol. The lowest BCUT2D eigenvalue weighted by Crippen LogP contribution is -2.28. The van der Waals surface area contributed by atoms with Crippen molar-refractivity contribution in [3.05, 3.63) is 16.9 Å². The second-order valence-electron chi connectivity index (χ2n) is 2.97. The molecule has 1 atom stereocenters. The fourth-order valence-corrected chi connectivity index (χ4v) is 1.25. The van der Waals surface area contributed by atoms with Crippen LogP contribution in [-0.2, 0) is 6.54 Å². The molecule has 0 saturated carbocycles. The Morgan fingerprint density at radius 3 is 2.92 bits per heavy atom. The van der Waals surface area contributed by atoms with E-state index in [2.05, 4.69) is 10.4 Å². The number of aliphatic hydroxyl groups excluding tert-OH is 1. The second-order valence-corrected chi connectivity index (χ2v) is 3.38. The molecular formula is C8H14ClN3O. The molecule has 0 amide bonds. The predicted octanol–water partition coefficient (Wildman–Crippen LogP) is 0.425. The summed E-state index contributed by atoms with van der Waals surface area (Å²) >= 11 is 5.81. The summed E-state index contributed by atoms with van der Waals surface area (Å²) in [6.45, 7) is 2.90. The molecule has 1 unspecified atom stereocenters. The highest BCUT2D eigenvalue weighted by atomic mass is 35.5. The molecule has 0 radical (unpaired) electrons. The molecule has 5 heteroatoms. The minimum absolute atomic E-state index is 0.431. The van der Waals surface area contributed by atoms with Gasteiger partial charge in [-0.25, -0.2) is 0 Å². The number of halogens is 1. The normalized spacial score (nSPS) is 13.2. The quantitative estimate of drug-likeness (QED) is 0.746.